The second-order valence-electron chi connectivity index (χ2n) is 14.9. The minimum Gasteiger partial charge on any atom is -0.462 e. The van der Waals surface area contributed by atoms with Gasteiger partial charge in [-0.25, -0.2) is 0 Å². The van der Waals surface area contributed by atoms with Crippen LogP contribution in [-0.2, 0) is 38.1 Å². The molecule has 0 aliphatic rings. The summed E-state index contributed by atoms with van der Waals surface area (Å²) in [7, 11) is 0. The molecule has 7 heteroatoms. The Hall–Kier alpha value is -4.32. The van der Waals surface area contributed by atoms with E-state index in [0.717, 1.165) is 56.6 Å². The van der Waals surface area contributed by atoms with Crippen molar-refractivity contribution in [1.82, 2.24) is 9.97 Å². The Balaban J connectivity index is 0.000000226. The molecule has 0 aliphatic heterocycles. The summed E-state index contributed by atoms with van der Waals surface area (Å²) < 4.78 is 90.4. The van der Waals surface area contributed by atoms with Crippen molar-refractivity contribution < 1.29 is 45.9 Å². The molecule has 0 aliphatic carbocycles. The Labute approximate surface area is 332 Å². The molecular formula is C46H45F3IrN2O-2. The minimum atomic E-state index is -4.85. The first-order valence-electron chi connectivity index (χ1n) is 20.2. The van der Waals surface area contributed by atoms with Crippen LogP contribution in [0.4, 0.5) is 13.2 Å². The maximum Gasteiger partial charge on any atom is 0.418 e. The molecule has 0 bridgehead atoms. The van der Waals surface area contributed by atoms with Crippen molar-refractivity contribution in [2.75, 3.05) is 0 Å². The summed E-state index contributed by atoms with van der Waals surface area (Å²) in [6.07, 6.45) is -1.36. The number of halogens is 3. The molecule has 4 aromatic carbocycles. The van der Waals surface area contributed by atoms with E-state index in [4.69, 9.17) is 17.6 Å². The number of rotatable bonds is 4. The molecule has 1 radical (unpaired) electrons. The van der Waals surface area contributed by atoms with Crippen LogP contribution in [0.3, 0.4) is 0 Å². The standard InChI is InChI=1S/C30H30NO.C16H15F3N.Ir/c1-18(2)13-20-11-12-24-26(14-20)32-29-27(24)19(3)17-31-28(29)22-15-21-9-7-8-10-23(21)25(16-22)30(4,5)6;1-9-5-13(6-10(2)12(9)4)15-7-11(3)14(8-20-15)16(17,18)19;/h7-12,14,16-18H,13H2,1-6H3;5,7-8H,1-4H3;/q2*-1;/i;3D3,4D3;. The van der Waals surface area contributed by atoms with E-state index >= 15 is 0 Å². The number of hydrogen-bond donors (Lipinski definition) is 0. The third-order valence-electron chi connectivity index (χ3n) is 9.17. The number of benzene rings is 4. The van der Waals surface area contributed by atoms with Gasteiger partial charge < -0.3 is 9.40 Å². The summed E-state index contributed by atoms with van der Waals surface area (Å²) in [4.78, 5) is 8.57. The van der Waals surface area contributed by atoms with E-state index in [-0.39, 0.29) is 42.3 Å². The zero-order valence-electron chi connectivity index (χ0n) is 37.0. The number of hydrogen-bond acceptors (Lipinski definition) is 3. The third kappa shape index (κ3) is 8.27. The first-order chi connectivity index (χ1) is 26.8. The predicted octanol–water partition coefficient (Wildman–Crippen LogP) is 13.2. The van der Waals surface area contributed by atoms with E-state index in [1.165, 1.54) is 29.5 Å². The number of alkyl halides is 3. The van der Waals surface area contributed by atoms with Gasteiger partial charge in [0.1, 0.15) is 11.2 Å². The first-order valence-corrected chi connectivity index (χ1v) is 17.2. The van der Waals surface area contributed by atoms with Crippen LogP contribution < -0.4 is 0 Å². The van der Waals surface area contributed by atoms with Crippen LogP contribution in [0, 0.1) is 52.5 Å². The van der Waals surface area contributed by atoms with Crippen molar-refractivity contribution in [3.05, 3.63) is 130 Å². The zero-order chi connectivity index (χ0) is 42.7. The van der Waals surface area contributed by atoms with Gasteiger partial charge in [-0.2, -0.15) is 13.2 Å². The largest absolute Gasteiger partial charge is 0.462 e. The van der Waals surface area contributed by atoms with E-state index in [2.05, 4.69) is 107 Å². The van der Waals surface area contributed by atoms with E-state index in [1.807, 2.05) is 6.20 Å². The molecule has 0 fully saturated rings. The summed E-state index contributed by atoms with van der Waals surface area (Å²) >= 11 is 0. The summed E-state index contributed by atoms with van der Waals surface area (Å²) in [5, 5.41) is 4.67. The molecular weight excluding hydrogens is 846 g/mol. The van der Waals surface area contributed by atoms with Crippen molar-refractivity contribution in [1.29, 1.82) is 0 Å². The number of aryl methyl sites for hydroxylation is 4. The van der Waals surface area contributed by atoms with E-state index in [0.29, 0.717) is 23.2 Å². The molecule has 3 heterocycles. The summed E-state index contributed by atoms with van der Waals surface area (Å²) in [6.45, 7) is 11.1. The molecule has 3 aromatic heterocycles. The fourth-order valence-corrected chi connectivity index (χ4v) is 6.60. The number of fused-ring (bicyclic) bond motifs is 4. The van der Waals surface area contributed by atoms with Gasteiger partial charge >= 0.3 is 6.18 Å². The molecule has 0 N–H and O–H groups in total. The molecule has 0 atom stereocenters. The second-order valence-corrected chi connectivity index (χ2v) is 14.9. The van der Waals surface area contributed by atoms with Gasteiger partial charge in [0, 0.05) is 57.2 Å². The smallest absolute Gasteiger partial charge is 0.418 e. The van der Waals surface area contributed by atoms with Gasteiger partial charge in [0.05, 0.1) is 5.56 Å². The maximum atomic E-state index is 13.1. The fourth-order valence-electron chi connectivity index (χ4n) is 6.60. The van der Waals surface area contributed by atoms with Gasteiger partial charge in [0.15, 0.2) is 0 Å². The van der Waals surface area contributed by atoms with Gasteiger partial charge in [-0.3, -0.25) is 4.98 Å². The normalized spacial score (nSPS) is 14.1. The number of furan rings is 1. The van der Waals surface area contributed by atoms with E-state index < -0.39 is 31.0 Å². The van der Waals surface area contributed by atoms with Crippen molar-refractivity contribution in [2.24, 2.45) is 5.92 Å². The topological polar surface area (TPSA) is 38.9 Å². The van der Waals surface area contributed by atoms with Crippen molar-refractivity contribution in [3.63, 3.8) is 0 Å². The molecule has 7 aromatic rings. The molecule has 0 unspecified atom stereocenters. The Kier molecular flexibility index (Phi) is 9.22. The van der Waals surface area contributed by atoms with E-state index in [1.54, 1.807) is 6.92 Å². The van der Waals surface area contributed by atoms with Crippen LogP contribution in [0.5, 0.6) is 0 Å². The molecule has 53 heavy (non-hydrogen) atoms. The van der Waals surface area contributed by atoms with Crippen LogP contribution >= 0.6 is 0 Å². The minimum absolute atomic E-state index is 0. The average Bonchev–Trinajstić information content (AvgIpc) is 3.48. The predicted molar refractivity (Wildman–Crippen MR) is 208 cm³/mol. The molecule has 0 spiro atoms. The number of aromatic nitrogens is 2. The van der Waals surface area contributed by atoms with Crippen LogP contribution in [-0.4, -0.2) is 9.97 Å². The zero-order valence-corrected chi connectivity index (χ0v) is 33.4. The quantitative estimate of drug-likeness (QED) is 0.165. The Morgan fingerprint density at radius 3 is 2.21 bits per heavy atom. The second kappa shape index (κ2) is 15.2. The fraction of sp³-hybridized carbons (Fsp3) is 0.304. The maximum absolute atomic E-state index is 13.1. The Bertz CT molecular complexity index is 2650. The van der Waals surface area contributed by atoms with Gasteiger partial charge in [-0.05, 0) is 60.0 Å². The Morgan fingerprint density at radius 2 is 1.55 bits per heavy atom. The van der Waals surface area contributed by atoms with Crippen molar-refractivity contribution in [3.8, 4) is 22.5 Å². The SMILES string of the molecule is Cc1cnc(-c2[c-]c3ccccc3c(C(C)(C)C)c2)c2oc3cc(CC(C)C)ccc3c12.[2H]C([2H])([2H])c1cc(-c2[c-]c(C)c(C([2H])([2H])[2H])c(C)c2)ncc1C(F)(F)F.[Ir]. The van der Waals surface area contributed by atoms with E-state index in [9.17, 15) is 13.2 Å². The molecule has 7 rings (SSSR count). The van der Waals surface area contributed by atoms with Gasteiger partial charge in [-0.15, -0.1) is 63.5 Å². The molecule has 3 nitrogen and oxygen atoms in total. The van der Waals surface area contributed by atoms with Gasteiger partial charge in [-0.1, -0.05) is 103 Å². The molecule has 0 amide bonds. The van der Waals surface area contributed by atoms with Crippen LogP contribution in [0.2, 0.25) is 0 Å². The first kappa shape index (κ1) is 32.1. The average molecular weight is 897 g/mol. The molecule has 277 valence electrons. The number of pyridine rings is 2. The van der Waals surface area contributed by atoms with Crippen molar-refractivity contribution in [2.45, 2.75) is 87.1 Å². The van der Waals surface area contributed by atoms with Gasteiger partial charge in [0.25, 0.3) is 0 Å². The number of nitrogens with zero attached hydrogens (tertiary/aromatic N) is 2. The van der Waals surface area contributed by atoms with Crippen LogP contribution in [0.25, 0.3) is 55.2 Å². The summed E-state index contributed by atoms with van der Waals surface area (Å²) in [5.41, 5.74) is 6.22. The molecule has 0 saturated carbocycles. The van der Waals surface area contributed by atoms with Crippen LogP contribution in [0.15, 0.2) is 77.5 Å². The van der Waals surface area contributed by atoms with Gasteiger partial charge in [0.2, 0.25) is 0 Å². The Morgan fingerprint density at radius 1 is 0.792 bits per heavy atom. The van der Waals surface area contributed by atoms with Crippen LogP contribution in [0.1, 0.15) is 87.4 Å². The summed E-state index contributed by atoms with van der Waals surface area (Å²) in [6, 6.07) is 26.1. The third-order valence-corrected chi connectivity index (χ3v) is 9.17. The van der Waals surface area contributed by atoms with Crippen molar-refractivity contribution >= 4 is 32.7 Å². The summed E-state index contributed by atoms with van der Waals surface area (Å²) in [5.74, 6) is 0.610. The molecule has 0 saturated heterocycles. The monoisotopic (exact) mass is 897 g/mol.